The Labute approximate surface area is 181 Å². The molecule has 4 rings (SSSR count). The highest BCUT2D eigenvalue weighted by atomic mass is 35.5. The third-order valence-corrected chi connectivity index (χ3v) is 6.04. The molecule has 1 N–H and O–H groups in total. The van der Waals surface area contributed by atoms with Gasteiger partial charge in [0, 0.05) is 38.2 Å². The quantitative estimate of drug-likeness (QED) is 0.711. The first-order valence-corrected chi connectivity index (χ1v) is 10.7. The molecule has 6 nitrogen and oxygen atoms in total. The molecule has 1 saturated carbocycles. The Balaban J connectivity index is 1.22. The Morgan fingerprint density at radius 2 is 1.90 bits per heavy atom. The minimum absolute atomic E-state index is 0.0343. The number of para-hydroxylation sites is 1. The number of amides is 2. The summed E-state index contributed by atoms with van der Waals surface area (Å²) in [6.45, 7) is 4.97. The number of hydrogen-bond acceptors (Lipinski definition) is 4. The van der Waals surface area contributed by atoms with Crippen molar-refractivity contribution < 1.29 is 14.0 Å². The van der Waals surface area contributed by atoms with Crippen LogP contribution in [0.15, 0.2) is 46.9 Å². The maximum Gasteiger partial charge on any atom is 0.246 e. The van der Waals surface area contributed by atoms with Gasteiger partial charge < -0.3 is 14.6 Å². The van der Waals surface area contributed by atoms with E-state index in [1.54, 1.807) is 29.2 Å². The number of piperazine rings is 1. The van der Waals surface area contributed by atoms with Crippen molar-refractivity contribution in [3.05, 3.63) is 59.0 Å². The predicted octanol–water partition coefficient (Wildman–Crippen LogP) is 3.85. The molecule has 2 heterocycles. The molecule has 0 bridgehead atoms. The van der Waals surface area contributed by atoms with Crippen LogP contribution in [0, 0.1) is 5.92 Å². The fourth-order valence-electron chi connectivity index (χ4n) is 3.72. The standard InChI is InChI=1S/C23H26ClN3O3/c1-16-14-18(16)21-8-6-17(30-21)7-9-23(29)27-12-10-26(11-13-27)15-22(28)25-20-5-3-2-4-19(20)24/h2-9,16,18H,10-15H2,1H3,(H,25,28). The molecule has 7 heteroatoms. The first-order valence-electron chi connectivity index (χ1n) is 10.3. The highest BCUT2D eigenvalue weighted by Crippen LogP contribution is 2.47. The van der Waals surface area contributed by atoms with Gasteiger partial charge in [-0.05, 0) is 42.7 Å². The van der Waals surface area contributed by atoms with E-state index in [9.17, 15) is 9.59 Å². The molecule has 2 aliphatic rings. The van der Waals surface area contributed by atoms with E-state index in [1.165, 1.54) is 6.42 Å². The normalized spacial score (nSPS) is 21.7. The van der Waals surface area contributed by atoms with Crippen LogP contribution in [0.1, 0.15) is 30.8 Å². The SMILES string of the molecule is CC1CC1c1ccc(C=CC(=O)N2CCN(CC(=O)Nc3ccccc3Cl)CC2)o1. The van der Waals surface area contributed by atoms with Crippen LogP contribution in [0.5, 0.6) is 0 Å². The van der Waals surface area contributed by atoms with Gasteiger partial charge in [0.2, 0.25) is 11.8 Å². The zero-order chi connectivity index (χ0) is 21.1. The molecule has 2 amide bonds. The van der Waals surface area contributed by atoms with Gasteiger partial charge in [0.05, 0.1) is 17.3 Å². The Bertz CT molecular complexity index is 947. The number of benzene rings is 1. The van der Waals surface area contributed by atoms with Crippen molar-refractivity contribution in [1.82, 2.24) is 9.80 Å². The highest BCUT2D eigenvalue weighted by Gasteiger charge is 2.36. The molecular formula is C23H26ClN3O3. The Hall–Kier alpha value is -2.57. The van der Waals surface area contributed by atoms with Gasteiger partial charge in [-0.25, -0.2) is 0 Å². The van der Waals surface area contributed by atoms with Crippen LogP contribution in [0.2, 0.25) is 5.02 Å². The summed E-state index contributed by atoms with van der Waals surface area (Å²) in [6.07, 6.45) is 4.48. The molecule has 2 aromatic rings. The fourth-order valence-corrected chi connectivity index (χ4v) is 3.90. The summed E-state index contributed by atoms with van der Waals surface area (Å²) in [6, 6.07) is 11.1. The molecule has 1 aliphatic heterocycles. The number of nitrogens with zero attached hydrogens (tertiary/aromatic N) is 2. The zero-order valence-electron chi connectivity index (χ0n) is 17.0. The molecular weight excluding hydrogens is 402 g/mol. The minimum atomic E-state index is -0.110. The zero-order valence-corrected chi connectivity index (χ0v) is 17.8. The molecule has 2 atom stereocenters. The number of anilines is 1. The Kier molecular flexibility index (Phi) is 6.25. The second-order valence-corrected chi connectivity index (χ2v) is 8.43. The topological polar surface area (TPSA) is 65.8 Å². The monoisotopic (exact) mass is 427 g/mol. The number of halogens is 1. The Morgan fingerprint density at radius 1 is 1.17 bits per heavy atom. The summed E-state index contributed by atoms with van der Waals surface area (Å²) >= 11 is 6.08. The van der Waals surface area contributed by atoms with Crippen LogP contribution in [0.3, 0.4) is 0 Å². The average molecular weight is 428 g/mol. The second kappa shape index (κ2) is 9.06. The van der Waals surface area contributed by atoms with Gasteiger partial charge in [-0.3, -0.25) is 14.5 Å². The second-order valence-electron chi connectivity index (χ2n) is 8.02. The van der Waals surface area contributed by atoms with Gasteiger partial charge in [-0.15, -0.1) is 0 Å². The lowest BCUT2D eigenvalue weighted by Gasteiger charge is -2.33. The highest BCUT2D eigenvalue weighted by molar-refractivity contribution is 6.33. The van der Waals surface area contributed by atoms with Crippen molar-refractivity contribution in [3.8, 4) is 0 Å². The van der Waals surface area contributed by atoms with E-state index in [0.29, 0.717) is 54.5 Å². The van der Waals surface area contributed by atoms with Crippen LogP contribution in [-0.4, -0.2) is 54.3 Å². The molecule has 30 heavy (non-hydrogen) atoms. The van der Waals surface area contributed by atoms with Crippen molar-refractivity contribution in [2.75, 3.05) is 38.0 Å². The van der Waals surface area contributed by atoms with Gasteiger partial charge in [0.1, 0.15) is 11.5 Å². The van der Waals surface area contributed by atoms with Crippen molar-refractivity contribution in [2.45, 2.75) is 19.3 Å². The molecule has 158 valence electrons. The van der Waals surface area contributed by atoms with E-state index >= 15 is 0 Å². The molecule has 1 saturated heterocycles. The number of carbonyl (C=O) groups is 2. The number of carbonyl (C=O) groups excluding carboxylic acids is 2. The molecule has 2 fully saturated rings. The van der Waals surface area contributed by atoms with E-state index in [0.717, 1.165) is 5.76 Å². The number of hydrogen-bond donors (Lipinski definition) is 1. The maximum atomic E-state index is 12.5. The third-order valence-electron chi connectivity index (χ3n) is 5.71. The lowest BCUT2D eigenvalue weighted by molar-refractivity contribution is -0.127. The number of furan rings is 1. The molecule has 0 spiro atoms. The van der Waals surface area contributed by atoms with Crippen LogP contribution in [-0.2, 0) is 9.59 Å². The first kappa shape index (κ1) is 20.7. The van der Waals surface area contributed by atoms with E-state index < -0.39 is 0 Å². The van der Waals surface area contributed by atoms with Gasteiger partial charge in [-0.1, -0.05) is 30.7 Å². The van der Waals surface area contributed by atoms with Crippen LogP contribution in [0.25, 0.3) is 6.08 Å². The number of nitrogens with one attached hydrogen (secondary N) is 1. The lowest BCUT2D eigenvalue weighted by Crippen LogP contribution is -2.50. The van der Waals surface area contributed by atoms with Gasteiger partial charge in [-0.2, -0.15) is 0 Å². The molecule has 1 aromatic carbocycles. The van der Waals surface area contributed by atoms with Gasteiger partial charge in [0.15, 0.2) is 0 Å². The average Bonchev–Trinajstić information content (AvgIpc) is 3.28. The third kappa shape index (κ3) is 5.12. The van der Waals surface area contributed by atoms with Crippen LogP contribution in [0.4, 0.5) is 5.69 Å². The van der Waals surface area contributed by atoms with Crippen molar-refractivity contribution in [3.63, 3.8) is 0 Å². The van der Waals surface area contributed by atoms with Crippen LogP contribution < -0.4 is 5.32 Å². The van der Waals surface area contributed by atoms with E-state index in [1.807, 2.05) is 29.2 Å². The summed E-state index contributed by atoms with van der Waals surface area (Å²) < 4.78 is 5.81. The van der Waals surface area contributed by atoms with E-state index in [4.69, 9.17) is 16.0 Å². The van der Waals surface area contributed by atoms with Crippen molar-refractivity contribution >= 4 is 35.2 Å². The van der Waals surface area contributed by atoms with Gasteiger partial charge in [0.25, 0.3) is 0 Å². The summed E-state index contributed by atoms with van der Waals surface area (Å²) in [5.41, 5.74) is 0.611. The summed E-state index contributed by atoms with van der Waals surface area (Å²) in [7, 11) is 0. The summed E-state index contributed by atoms with van der Waals surface area (Å²) in [5, 5.41) is 3.35. The molecule has 1 aromatic heterocycles. The van der Waals surface area contributed by atoms with E-state index in [-0.39, 0.29) is 18.4 Å². The van der Waals surface area contributed by atoms with Crippen molar-refractivity contribution in [1.29, 1.82) is 0 Å². The van der Waals surface area contributed by atoms with E-state index in [2.05, 4.69) is 12.2 Å². The summed E-state index contributed by atoms with van der Waals surface area (Å²) in [4.78, 5) is 28.6. The Morgan fingerprint density at radius 3 is 2.60 bits per heavy atom. The minimum Gasteiger partial charge on any atom is -0.461 e. The predicted molar refractivity (Wildman–Crippen MR) is 117 cm³/mol. The maximum absolute atomic E-state index is 12.5. The molecule has 0 radical (unpaired) electrons. The largest absolute Gasteiger partial charge is 0.461 e. The van der Waals surface area contributed by atoms with Crippen LogP contribution >= 0.6 is 11.6 Å². The fraction of sp³-hybridized carbons (Fsp3) is 0.391. The first-order chi connectivity index (χ1) is 14.5. The smallest absolute Gasteiger partial charge is 0.246 e. The molecule has 2 unspecified atom stereocenters. The number of rotatable bonds is 6. The molecule has 1 aliphatic carbocycles. The lowest BCUT2D eigenvalue weighted by atomic mass is 10.2. The van der Waals surface area contributed by atoms with Gasteiger partial charge >= 0.3 is 0 Å². The summed E-state index contributed by atoms with van der Waals surface area (Å²) in [5.74, 6) is 2.81. The van der Waals surface area contributed by atoms with Crippen molar-refractivity contribution in [2.24, 2.45) is 5.92 Å².